The quantitative estimate of drug-likeness (QED) is 0.659. The number of fused-ring (bicyclic) bond motifs is 1. The van der Waals surface area contributed by atoms with Crippen LogP contribution in [-0.2, 0) is 13.2 Å². The fourth-order valence-corrected chi connectivity index (χ4v) is 2.72. The van der Waals surface area contributed by atoms with Crippen molar-refractivity contribution >= 4 is 11.0 Å². The third kappa shape index (κ3) is 3.98. The van der Waals surface area contributed by atoms with Gasteiger partial charge in [0.2, 0.25) is 0 Å². The highest BCUT2D eigenvalue weighted by Crippen LogP contribution is 2.29. The Morgan fingerprint density at radius 3 is 2.62 bits per heavy atom. The van der Waals surface area contributed by atoms with Crippen LogP contribution < -0.4 is 10.1 Å². The van der Waals surface area contributed by atoms with Crippen LogP contribution in [-0.4, -0.2) is 6.54 Å². The van der Waals surface area contributed by atoms with Crippen molar-refractivity contribution in [2.75, 3.05) is 6.54 Å². The van der Waals surface area contributed by atoms with Gasteiger partial charge in [-0.3, -0.25) is 0 Å². The number of hydrogen-bond donors (Lipinski definition) is 1. The number of ether oxygens (including phenoxy) is 1. The minimum Gasteiger partial charge on any atom is -0.489 e. The van der Waals surface area contributed by atoms with Crippen LogP contribution >= 0.6 is 0 Å². The summed E-state index contributed by atoms with van der Waals surface area (Å²) in [6.07, 6.45) is 0. The molecule has 0 radical (unpaired) electrons. The highest BCUT2D eigenvalue weighted by Gasteiger charge is 2.11. The summed E-state index contributed by atoms with van der Waals surface area (Å²) in [6, 6.07) is 16.2. The molecule has 0 aliphatic carbocycles. The Kier molecular flexibility index (Phi) is 5.21. The van der Waals surface area contributed by atoms with Gasteiger partial charge in [0.15, 0.2) is 0 Å². The second-order valence-electron chi connectivity index (χ2n) is 6.61. The summed E-state index contributed by atoms with van der Waals surface area (Å²) in [5, 5.41) is 4.57. The van der Waals surface area contributed by atoms with E-state index < -0.39 is 0 Å². The molecule has 1 N–H and O–H groups in total. The van der Waals surface area contributed by atoms with Crippen LogP contribution in [0.15, 0.2) is 52.9 Å². The second-order valence-corrected chi connectivity index (χ2v) is 6.61. The zero-order valence-electron chi connectivity index (χ0n) is 14.6. The first-order valence-corrected chi connectivity index (χ1v) is 8.53. The first-order valence-electron chi connectivity index (χ1n) is 8.53. The van der Waals surface area contributed by atoms with Gasteiger partial charge in [0.25, 0.3) is 0 Å². The zero-order chi connectivity index (χ0) is 16.9. The third-order valence-corrected chi connectivity index (χ3v) is 4.09. The fraction of sp³-hybridized carbons (Fsp3) is 0.333. The predicted octanol–water partition coefficient (Wildman–Crippen LogP) is 5.07. The molecule has 1 aromatic heterocycles. The van der Waals surface area contributed by atoms with Crippen LogP contribution in [0.4, 0.5) is 0 Å². The molecular formula is C21H25NO2. The Morgan fingerprint density at radius 1 is 1.08 bits per heavy atom. The molecule has 0 aliphatic heterocycles. The van der Waals surface area contributed by atoms with Crippen molar-refractivity contribution < 1.29 is 9.15 Å². The zero-order valence-corrected chi connectivity index (χ0v) is 14.6. The van der Waals surface area contributed by atoms with Crippen molar-refractivity contribution in [1.82, 2.24) is 5.32 Å². The summed E-state index contributed by atoms with van der Waals surface area (Å²) in [6.45, 7) is 8.84. The van der Waals surface area contributed by atoms with E-state index in [0.717, 1.165) is 35.6 Å². The largest absolute Gasteiger partial charge is 0.489 e. The summed E-state index contributed by atoms with van der Waals surface area (Å²) < 4.78 is 11.9. The summed E-state index contributed by atoms with van der Waals surface area (Å²) >= 11 is 0. The van der Waals surface area contributed by atoms with Crippen LogP contribution in [0.2, 0.25) is 0 Å². The molecule has 0 spiro atoms. The van der Waals surface area contributed by atoms with Gasteiger partial charge in [-0.15, -0.1) is 0 Å². The van der Waals surface area contributed by atoms with Gasteiger partial charge in [0, 0.05) is 5.39 Å². The van der Waals surface area contributed by atoms with Gasteiger partial charge in [-0.2, -0.15) is 0 Å². The number of rotatable bonds is 7. The molecule has 3 nitrogen and oxygen atoms in total. The predicted molar refractivity (Wildman–Crippen MR) is 98.3 cm³/mol. The Bertz CT molecular complexity index is 790. The molecule has 24 heavy (non-hydrogen) atoms. The molecule has 0 unspecified atom stereocenters. The molecule has 0 saturated heterocycles. The van der Waals surface area contributed by atoms with E-state index in [0.29, 0.717) is 12.5 Å². The number of hydrogen-bond acceptors (Lipinski definition) is 3. The van der Waals surface area contributed by atoms with Crippen LogP contribution in [0, 0.1) is 12.8 Å². The highest BCUT2D eigenvalue weighted by atomic mass is 16.5. The van der Waals surface area contributed by atoms with Crippen molar-refractivity contribution in [3.8, 4) is 5.75 Å². The van der Waals surface area contributed by atoms with Crippen molar-refractivity contribution in [1.29, 1.82) is 0 Å². The first kappa shape index (κ1) is 16.6. The van der Waals surface area contributed by atoms with Crippen LogP contribution in [0.3, 0.4) is 0 Å². The van der Waals surface area contributed by atoms with E-state index in [4.69, 9.17) is 9.15 Å². The van der Waals surface area contributed by atoms with Gasteiger partial charge < -0.3 is 14.5 Å². The minimum absolute atomic E-state index is 0.575. The standard InChI is InChI=1S/C21H25NO2/c1-15(2)12-22-13-21-16(3)19-11-18(9-10-20(19)24-21)23-14-17-7-5-4-6-8-17/h4-11,15,22H,12-14H2,1-3H3. The minimum atomic E-state index is 0.575. The molecule has 1 heterocycles. The smallest absolute Gasteiger partial charge is 0.134 e. The Labute approximate surface area is 143 Å². The molecule has 0 atom stereocenters. The van der Waals surface area contributed by atoms with Crippen LogP contribution in [0.5, 0.6) is 5.75 Å². The van der Waals surface area contributed by atoms with E-state index >= 15 is 0 Å². The van der Waals surface area contributed by atoms with E-state index in [1.807, 2.05) is 30.3 Å². The molecule has 3 aromatic rings. The third-order valence-electron chi connectivity index (χ3n) is 4.09. The molecule has 3 heteroatoms. The summed E-state index contributed by atoms with van der Waals surface area (Å²) in [4.78, 5) is 0. The molecule has 0 fully saturated rings. The average Bonchev–Trinajstić information content (AvgIpc) is 2.90. The van der Waals surface area contributed by atoms with Gasteiger partial charge in [0.1, 0.15) is 23.7 Å². The summed E-state index contributed by atoms with van der Waals surface area (Å²) in [5.74, 6) is 2.51. The topological polar surface area (TPSA) is 34.4 Å². The van der Waals surface area contributed by atoms with E-state index in [2.05, 4.69) is 44.3 Å². The lowest BCUT2D eigenvalue weighted by Crippen LogP contribution is -2.18. The molecule has 0 amide bonds. The maximum absolute atomic E-state index is 5.98. The monoisotopic (exact) mass is 323 g/mol. The lowest BCUT2D eigenvalue weighted by atomic mass is 10.1. The number of aryl methyl sites for hydroxylation is 1. The van der Waals surface area contributed by atoms with E-state index in [-0.39, 0.29) is 0 Å². The maximum Gasteiger partial charge on any atom is 0.134 e. The maximum atomic E-state index is 5.98. The molecule has 0 saturated carbocycles. The van der Waals surface area contributed by atoms with E-state index in [9.17, 15) is 0 Å². The van der Waals surface area contributed by atoms with Gasteiger partial charge in [-0.05, 0) is 48.7 Å². The summed E-state index contributed by atoms with van der Waals surface area (Å²) in [5.41, 5.74) is 3.27. The first-order chi connectivity index (χ1) is 11.6. The lowest BCUT2D eigenvalue weighted by Gasteiger charge is -2.06. The molecule has 3 rings (SSSR count). The van der Waals surface area contributed by atoms with Gasteiger partial charge in [0.05, 0.1) is 6.54 Å². The van der Waals surface area contributed by atoms with Gasteiger partial charge >= 0.3 is 0 Å². The molecule has 0 aliphatic rings. The SMILES string of the molecule is Cc1c(CNCC(C)C)oc2ccc(OCc3ccccc3)cc12. The van der Waals surface area contributed by atoms with Crippen molar-refractivity contribution in [2.45, 2.75) is 33.9 Å². The van der Waals surface area contributed by atoms with Crippen molar-refractivity contribution in [3.05, 3.63) is 65.4 Å². The van der Waals surface area contributed by atoms with E-state index in [1.54, 1.807) is 0 Å². The number of nitrogens with one attached hydrogen (secondary N) is 1. The lowest BCUT2D eigenvalue weighted by molar-refractivity contribution is 0.306. The van der Waals surface area contributed by atoms with Crippen LogP contribution in [0.1, 0.15) is 30.7 Å². The van der Waals surface area contributed by atoms with Gasteiger partial charge in [-0.25, -0.2) is 0 Å². The number of furan rings is 1. The normalized spacial score (nSPS) is 11.3. The summed E-state index contributed by atoms with van der Waals surface area (Å²) in [7, 11) is 0. The van der Waals surface area contributed by atoms with Crippen molar-refractivity contribution in [2.24, 2.45) is 5.92 Å². The molecule has 0 bridgehead atoms. The van der Waals surface area contributed by atoms with Crippen LogP contribution in [0.25, 0.3) is 11.0 Å². The molecule has 2 aromatic carbocycles. The Balaban J connectivity index is 1.72. The second kappa shape index (κ2) is 7.54. The van der Waals surface area contributed by atoms with E-state index in [1.165, 1.54) is 11.1 Å². The highest BCUT2D eigenvalue weighted by molar-refractivity contribution is 5.83. The Hall–Kier alpha value is -2.26. The fourth-order valence-electron chi connectivity index (χ4n) is 2.72. The Morgan fingerprint density at radius 2 is 1.88 bits per heavy atom. The molecular weight excluding hydrogens is 298 g/mol. The van der Waals surface area contributed by atoms with Gasteiger partial charge in [-0.1, -0.05) is 44.2 Å². The average molecular weight is 323 g/mol. The molecule has 126 valence electrons. The number of benzene rings is 2. The van der Waals surface area contributed by atoms with Crippen molar-refractivity contribution in [3.63, 3.8) is 0 Å².